The van der Waals surface area contributed by atoms with E-state index in [1.54, 1.807) is 13.0 Å². The minimum atomic E-state index is -1.64. The normalized spacial score (nSPS) is 15.7. The zero-order valence-corrected chi connectivity index (χ0v) is 17.0. The molecule has 1 fully saturated rings. The lowest BCUT2D eigenvalue weighted by Gasteiger charge is -2.24. The van der Waals surface area contributed by atoms with Crippen molar-refractivity contribution in [2.45, 2.75) is 37.4 Å². The van der Waals surface area contributed by atoms with Gasteiger partial charge in [-0.15, -0.1) is 0 Å². The number of ether oxygens (including phenoxy) is 1. The van der Waals surface area contributed by atoms with Gasteiger partial charge in [0.05, 0.1) is 24.2 Å². The van der Waals surface area contributed by atoms with E-state index in [2.05, 4.69) is 10.0 Å². The smallest absolute Gasteiger partial charge is 0.184 e. The molecule has 1 saturated carbocycles. The zero-order valence-electron chi connectivity index (χ0n) is 16.2. The Hall–Kier alpha value is -2.10. The molecule has 3 N–H and O–H groups in total. The Balaban J connectivity index is 1.98. The van der Waals surface area contributed by atoms with Crippen molar-refractivity contribution in [3.8, 4) is 5.75 Å². The van der Waals surface area contributed by atoms with Crippen LogP contribution in [0.3, 0.4) is 0 Å². The molecule has 9 heteroatoms. The Kier molecular flexibility index (Phi) is 6.50. The highest BCUT2D eigenvalue weighted by Crippen LogP contribution is 2.49. The molecule has 2 aromatic carbocycles. The van der Waals surface area contributed by atoms with E-state index < -0.39 is 39.2 Å². The minimum Gasteiger partial charge on any atom is -0.593 e. The third kappa shape index (κ3) is 4.57. The first-order valence-electron chi connectivity index (χ1n) is 9.20. The summed E-state index contributed by atoms with van der Waals surface area (Å²) >= 11 is -1.64. The molecule has 1 aliphatic carbocycles. The number of anilines is 3. The number of methoxy groups -OCH3 is 1. The SMILES string of the molecule is COc1cc(F)c(F)c(Nc2ccc(C)cc2F)c1N[S+]([O-])C1(CCCO)CC1. The molecule has 0 saturated heterocycles. The van der Waals surface area contributed by atoms with Crippen LogP contribution < -0.4 is 14.8 Å². The molecule has 0 aromatic heterocycles. The van der Waals surface area contributed by atoms with Gasteiger partial charge < -0.3 is 19.7 Å². The first-order chi connectivity index (χ1) is 13.8. The maximum atomic E-state index is 14.7. The van der Waals surface area contributed by atoms with Crippen LogP contribution in [-0.4, -0.2) is 28.1 Å². The lowest BCUT2D eigenvalue weighted by atomic mass is 10.2. The van der Waals surface area contributed by atoms with Gasteiger partial charge in [-0.25, -0.2) is 17.9 Å². The van der Waals surface area contributed by atoms with E-state index in [9.17, 15) is 17.7 Å². The van der Waals surface area contributed by atoms with E-state index in [4.69, 9.17) is 9.84 Å². The van der Waals surface area contributed by atoms with E-state index in [1.807, 2.05) is 0 Å². The van der Waals surface area contributed by atoms with Gasteiger partial charge in [-0.2, -0.15) is 0 Å². The van der Waals surface area contributed by atoms with Gasteiger partial charge >= 0.3 is 0 Å². The van der Waals surface area contributed by atoms with Crippen molar-refractivity contribution in [3.05, 3.63) is 47.3 Å². The van der Waals surface area contributed by atoms with E-state index in [0.29, 0.717) is 31.2 Å². The van der Waals surface area contributed by atoms with Gasteiger partial charge in [0, 0.05) is 31.9 Å². The van der Waals surface area contributed by atoms with Crippen LogP contribution in [0.25, 0.3) is 0 Å². The average molecular weight is 428 g/mol. The summed E-state index contributed by atoms with van der Waals surface area (Å²) in [6.07, 6.45) is 2.40. The van der Waals surface area contributed by atoms with Crippen LogP contribution in [0, 0.1) is 24.4 Å². The highest BCUT2D eigenvalue weighted by molar-refractivity contribution is 7.94. The Morgan fingerprint density at radius 2 is 1.90 bits per heavy atom. The van der Waals surface area contributed by atoms with Crippen LogP contribution in [0.1, 0.15) is 31.2 Å². The lowest BCUT2D eigenvalue weighted by molar-refractivity contribution is 0.282. The fourth-order valence-electron chi connectivity index (χ4n) is 3.11. The average Bonchev–Trinajstić information content (AvgIpc) is 3.48. The number of aliphatic hydroxyl groups is 1. The molecule has 0 radical (unpaired) electrons. The Bertz CT molecular complexity index is 894. The molecule has 0 aliphatic heterocycles. The molecule has 0 amide bonds. The van der Waals surface area contributed by atoms with Crippen LogP contribution in [0.2, 0.25) is 0 Å². The summed E-state index contributed by atoms with van der Waals surface area (Å²) in [5.74, 6) is -3.13. The molecule has 29 heavy (non-hydrogen) atoms. The Morgan fingerprint density at radius 3 is 2.48 bits per heavy atom. The fourth-order valence-corrected chi connectivity index (χ4v) is 4.52. The fraction of sp³-hybridized carbons (Fsp3) is 0.400. The topological polar surface area (TPSA) is 76.6 Å². The van der Waals surface area contributed by atoms with Gasteiger partial charge in [0.2, 0.25) is 0 Å². The molecule has 0 heterocycles. The molecular weight excluding hydrogens is 405 g/mol. The zero-order chi connectivity index (χ0) is 21.2. The first-order valence-corrected chi connectivity index (χ1v) is 10.3. The predicted octanol–water partition coefficient (Wildman–Crippen LogP) is 4.55. The summed E-state index contributed by atoms with van der Waals surface area (Å²) in [5.41, 5.74) is 0.164. The van der Waals surface area contributed by atoms with E-state index in [-0.39, 0.29) is 23.7 Å². The van der Waals surface area contributed by atoms with Crippen molar-refractivity contribution in [2.75, 3.05) is 23.8 Å². The number of halogens is 3. The molecule has 5 nitrogen and oxygen atoms in total. The number of rotatable bonds is 9. The standard InChI is InChI=1S/C20H23F3N2O3S/c1-12-4-5-15(13(21)10-12)24-19-17(23)14(22)11-16(28-2)18(19)25-29(27)20(7-8-20)6-3-9-26/h4-5,10-11,24-26H,3,6-9H2,1-2H3. The Morgan fingerprint density at radius 1 is 1.17 bits per heavy atom. The van der Waals surface area contributed by atoms with E-state index >= 15 is 0 Å². The maximum absolute atomic E-state index is 14.7. The van der Waals surface area contributed by atoms with E-state index in [1.165, 1.54) is 19.2 Å². The van der Waals surface area contributed by atoms with Crippen LogP contribution in [-0.2, 0) is 11.4 Å². The van der Waals surface area contributed by atoms with Crippen LogP contribution in [0.15, 0.2) is 24.3 Å². The number of aliphatic hydroxyl groups excluding tert-OH is 1. The number of aryl methyl sites for hydroxylation is 1. The third-order valence-electron chi connectivity index (χ3n) is 4.97. The van der Waals surface area contributed by atoms with Crippen molar-refractivity contribution in [3.63, 3.8) is 0 Å². The highest BCUT2D eigenvalue weighted by atomic mass is 32.2. The van der Waals surface area contributed by atoms with Crippen molar-refractivity contribution < 1.29 is 27.6 Å². The molecule has 0 spiro atoms. The predicted molar refractivity (Wildman–Crippen MR) is 107 cm³/mol. The largest absolute Gasteiger partial charge is 0.593 e. The second kappa shape index (κ2) is 8.73. The summed E-state index contributed by atoms with van der Waals surface area (Å²) in [5, 5.41) is 11.6. The van der Waals surface area contributed by atoms with Crippen LogP contribution in [0.5, 0.6) is 5.75 Å². The molecular formula is C20H23F3N2O3S. The van der Waals surface area contributed by atoms with Gasteiger partial charge in [0.25, 0.3) is 0 Å². The third-order valence-corrected chi connectivity index (χ3v) is 6.76. The highest BCUT2D eigenvalue weighted by Gasteiger charge is 2.54. The molecule has 1 unspecified atom stereocenters. The van der Waals surface area contributed by atoms with Gasteiger partial charge in [-0.3, -0.25) is 0 Å². The second-order valence-electron chi connectivity index (χ2n) is 7.11. The lowest BCUT2D eigenvalue weighted by Crippen LogP contribution is -2.30. The van der Waals surface area contributed by atoms with Gasteiger partial charge in [-0.05, 0) is 31.0 Å². The second-order valence-corrected chi connectivity index (χ2v) is 8.72. The molecule has 2 aromatic rings. The quantitative estimate of drug-likeness (QED) is 0.511. The number of nitrogens with one attached hydrogen (secondary N) is 2. The summed E-state index contributed by atoms with van der Waals surface area (Å²) in [6, 6.07) is 5.14. The summed E-state index contributed by atoms with van der Waals surface area (Å²) in [7, 11) is 1.27. The number of benzene rings is 2. The molecule has 1 atom stereocenters. The van der Waals surface area contributed by atoms with Gasteiger partial charge in [-0.1, -0.05) is 6.07 Å². The van der Waals surface area contributed by atoms with Crippen LogP contribution in [0.4, 0.5) is 30.2 Å². The minimum absolute atomic E-state index is 0.0209. The van der Waals surface area contributed by atoms with Crippen molar-refractivity contribution in [2.24, 2.45) is 0 Å². The molecule has 1 aliphatic rings. The number of hydrogen-bond acceptors (Lipinski definition) is 5. The monoisotopic (exact) mass is 428 g/mol. The summed E-state index contributed by atoms with van der Waals surface area (Å²) < 4.78 is 63.3. The van der Waals surface area contributed by atoms with Gasteiger partial charge in [0.1, 0.15) is 11.5 Å². The van der Waals surface area contributed by atoms with Gasteiger partial charge in [0.15, 0.2) is 27.8 Å². The maximum Gasteiger partial charge on any atom is 0.184 e. The van der Waals surface area contributed by atoms with Crippen LogP contribution >= 0.6 is 0 Å². The van der Waals surface area contributed by atoms with E-state index in [0.717, 1.165) is 6.07 Å². The van der Waals surface area contributed by atoms with Crippen molar-refractivity contribution in [1.29, 1.82) is 0 Å². The molecule has 0 bridgehead atoms. The van der Waals surface area contributed by atoms with Crippen molar-refractivity contribution in [1.82, 2.24) is 0 Å². The molecule has 3 rings (SSSR count). The number of hydrogen-bond donors (Lipinski definition) is 3. The first kappa shape index (κ1) is 21.6. The van der Waals surface area contributed by atoms with Crippen molar-refractivity contribution >= 4 is 28.4 Å². The molecule has 158 valence electrons. The summed E-state index contributed by atoms with van der Waals surface area (Å²) in [4.78, 5) is 0. The Labute approximate surface area is 170 Å². The summed E-state index contributed by atoms with van der Waals surface area (Å²) in [6.45, 7) is 1.68.